The van der Waals surface area contributed by atoms with Gasteiger partial charge in [0.25, 0.3) is 5.91 Å². The SMILES string of the molecule is COc1ccc(C(=O)NC[C@@H]2c3cc(OC)c(OC)cc3CCN2C(=O)Nc2cccc(C)c2)cc1. The maximum Gasteiger partial charge on any atom is 0.322 e. The number of amides is 3. The summed E-state index contributed by atoms with van der Waals surface area (Å²) in [5.41, 5.74) is 4.25. The van der Waals surface area contributed by atoms with Gasteiger partial charge in [0, 0.05) is 24.3 Å². The van der Waals surface area contributed by atoms with Crippen molar-refractivity contribution < 1.29 is 23.8 Å². The first-order chi connectivity index (χ1) is 17.4. The fourth-order valence-electron chi connectivity index (χ4n) is 4.44. The maximum atomic E-state index is 13.4. The van der Waals surface area contributed by atoms with Crippen molar-refractivity contribution in [2.75, 3.05) is 39.7 Å². The van der Waals surface area contributed by atoms with E-state index in [1.165, 1.54) is 0 Å². The summed E-state index contributed by atoms with van der Waals surface area (Å²) in [6, 6.07) is 17.8. The second-order valence-corrected chi connectivity index (χ2v) is 8.60. The Morgan fingerprint density at radius 1 is 0.944 bits per heavy atom. The molecular formula is C28H31N3O5. The molecule has 188 valence electrons. The number of fused-ring (bicyclic) bond motifs is 1. The molecule has 36 heavy (non-hydrogen) atoms. The molecule has 1 aliphatic rings. The van der Waals surface area contributed by atoms with E-state index in [-0.39, 0.29) is 18.5 Å². The number of nitrogens with one attached hydrogen (secondary N) is 2. The Labute approximate surface area is 211 Å². The van der Waals surface area contributed by atoms with Gasteiger partial charge in [-0.2, -0.15) is 0 Å². The quantitative estimate of drug-likeness (QED) is 0.507. The van der Waals surface area contributed by atoms with Crippen molar-refractivity contribution in [2.24, 2.45) is 0 Å². The Morgan fingerprint density at radius 2 is 1.67 bits per heavy atom. The number of anilines is 1. The Bertz CT molecular complexity index is 1240. The van der Waals surface area contributed by atoms with Gasteiger partial charge in [-0.25, -0.2) is 4.79 Å². The van der Waals surface area contributed by atoms with Crippen LogP contribution in [0.25, 0.3) is 0 Å². The summed E-state index contributed by atoms with van der Waals surface area (Å²) < 4.78 is 16.2. The van der Waals surface area contributed by atoms with Crippen molar-refractivity contribution >= 4 is 17.6 Å². The summed E-state index contributed by atoms with van der Waals surface area (Å²) in [6.07, 6.45) is 0.653. The Kier molecular flexibility index (Phi) is 7.63. The number of nitrogens with zero attached hydrogens (tertiary/aromatic N) is 1. The third kappa shape index (κ3) is 5.38. The Hall–Kier alpha value is -4.20. The number of hydrogen-bond donors (Lipinski definition) is 2. The van der Waals surface area contributed by atoms with E-state index < -0.39 is 6.04 Å². The summed E-state index contributed by atoms with van der Waals surface area (Å²) >= 11 is 0. The van der Waals surface area contributed by atoms with Crippen molar-refractivity contribution in [3.63, 3.8) is 0 Å². The molecule has 8 nitrogen and oxygen atoms in total. The second-order valence-electron chi connectivity index (χ2n) is 8.60. The molecule has 2 N–H and O–H groups in total. The van der Waals surface area contributed by atoms with Crippen molar-refractivity contribution in [1.29, 1.82) is 0 Å². The molecule has 0 unspecified atom stereocenters. The predicted molar refractivity (Wildman–Crippen MR) is 138 cm³/mol. The summed E-state index contributed by atoms with van der Waals surface area (Å²) in [4.78, 5) is 28.1. The Balaban J connectivity index is 1.61. The van der Waals surface area contributed by atoms with Crippen LogP contribution in [0.5, 0.6) is 17.2 Å². The largest absolute Gasteiger partial charge is 0.497 e. The van der Waals surface area contributed by atoms with E-state index in [0.29, 0.717) is 35.8 Å². The highest BCUT2D eigenvalue weighted by Crippen LogP contribution is 2.38. The summed E-state index contributed by atoms with van der Waals surface area (Å²) in [5, 5.41) is 6.00. The van der Waals surface area contributed by atoms with Crippen molar-refractivity contribution in [1.82, 2.24) is 10.2 Å². The first-order valence-electron chi connectivity index (χ1n) is 11.7. The van der Waals surface area contributed by atoms with Gasteiger partial charge in [0.05, 0.1) is 27.4 Å². The molecule has 3 amide bonds. The fourth-order valence-corrected chi connectivity index (χ4v) is 4.44. The molecule has 0 saturated carbocycles. The molecule has 0 radical (unpaired) electrons. The second kappa shape index (κ2) is 11.0. The van der Waals surface area contributed by atoms with Crippen LogP contribution >= 0.6 is 0 Å². The highest BCUT2D eigenvalue weighted by Gasteiger charge is 2.32. The molecule has 1 atom stereocenters. The highest BCUT2D eigenvalue weighted by atomic mass is 16.5. The minimum Gasteiger partial charge on any atom is -0.497 e. The first kappa shape index (κ1) is 24.9. The van der Waals surface area contributed by atoms with E-state index in [9.17, 15) is 9.59 Å². The van der Waals surface area contributed by atoms with Gasteiger partial charge in [-0.1, -0.05) is 12.1 Å². The van der Waals surface area contributed by atoms with Gasteiger partial charge in [-0.15, -0.1) is 0 Å². The standard InChI is InChI=1S/C28H31N3O5/c1-18-6-5-7-21(14-18)30-28(33)31-13-12-20-15-25(35-3)26(36-4)16-23(20)24(31)17-29-27(32)19-8-10-22(34-2)11-9-19/h5-11,14-16,24H,12-13,17H2,1-4H3,(H,29,32)(H,30,33)/t24-/m1/s1. The number of benzene rings is 3. The molecule has 0 saturated heterocycles. The molecule has 0 aliphatic carbocycles. The number of methoxy groups -OCH3 is 3. The highest BCUT2D eigenvalue weighted by molar-refractivity contribution is 5.94. The predicted octanol–water partition coefficient (Wildman–Crippen LogP) is 4.58. The topological polar surface area (TPSA) is 89.1 Å². The summed E-state index contributed by atoms with van der Waals surface area (Å²) in [5.74, 6) is 1.65. The summed E-state index contributed by atoms with van der Waals surface area (Å²) in [7, 11) is 4.76. The molecule has 3 aromatic rings. The van der Waals surface area contributed by atoms with Gasteiger partial charge in [0.15, 0.2) is 11.5 Å². The molecule has 1 aliphatic heterocycles. The van der Waals surface area contributed by atoms with Gasteiger partial charge < -0.3 is 29.7 Å². The third-order valence-electron chi connectivity index (χ3n) is 6.34. The monoisotopic (exact) mass is 489 g/mol. The Morgan fingerprint density at radius 3 is 2.33 bits per heavy atom. The molecule has 1 heterocycles. The van der Waals surface area contributed by atoms with Crippen LogP contribution in [-0.2, 0) is 6.42 Å². The average molecular weight is 490 g/mol. The van der Waals surface area contributed by atoms with Crippen molar-refractivity contribution in [3.05, 3.63) is 82.9 Å². The lowest BCUT2D eigenvalue weighted by Crippen LogP contribution is -2.46. The number of rotatable bonds is 7. The smallest absolute Gasteiger partial charge is 0.322 e. The molecule has 0 spiro atoms. The number of hydrogen-bond acceptors (Lipinski definition) is 5. The zero-order chi connectivity index (χ0) is 25.7. The van der Waals surface area contributed by atoms with Gasteiger partial charge >= 0.3 is 6.03 Å². The van der Waals surface area contributed by atoms with Crippen LogP contribution in [0.4, 0.5) is 10.5 Å². The number of carbonyl (C=O) groups excluding carboxylic acids is 2. The molecule has 4 rings (SSSR count). The van der Waals surface area contributed by atoms with E-state index in [1.807, 2.05) is 43.3 Å². The van der Waals surface area contributed by atoms with Crippen LogP contribution in [-0.4, -0.2) is 51.3 Å². The molecular weight excluding hydrogens is 458 g/mol. The maximum absolute atomic E-state index is 13.4. The van der Waals surface area contributed by atoms with E-state index in [4.69, 9.17) is 14.2 Å². The van der Waals surface area contributed by atoms with E-state index in [0.717, 1.165) is 22.4 Å². The van der Waals surface area contributed by atoms with Crippen LogP contribution in [0.2, 0.25) is 0 Å². The van der Waals surface area contributed by atoms with Gasteiger partial charge in [0.1, 0.15) is 5.75 Å². The van der Waals surface area contributed by atoms with Crippen molar-refractivity contribution in [2.45, 2.75) is 19.4 Å². The van der Waals surface area contributed by atoms with Gasteiger partial charge in [0.2, 0.25) is 0 Å². The van der Waals surface area contributed by atoms with Crippen LogP contribution in [0, 0.1) is 6.92 Å². The van der Waals surface area contributed by atoms with Crippen molar-refractivity contribution in [3.8, 4) is 17.2 Å². The number of ether oxygens (including phenoxy) is 3. The average Bonchev–Trinajstić information content (AvgIpc) is 2.90. The minimum atomic E-state index is -0.402. The normalized spacial score (nSPS) is 14.4. The van der Waals surface area contributed by atoms with Crippen LogP contribution in [0.3, 0.4) is 0 Å². The lowest BCUT2D eigenvalue weighted by molar-refractivity contribution is 0.0936. The van der Waals surface area contributed by atoms with Crippen LogP contribution in [0.15, 0.2) is 60.7 Å². The first-order valence-corrected chi connectivity index (χ1v) is 11.7. The lowest BCUT2D eigenvalue weighted by Gasteiger charge is -2.38. The minimum absolute atomic E-state index is 0.231. The fraction of sp³-hybridized carbons (Fsp3) is 0.286. The van der Waals surface area contributed by atoms with E-state index >= 15 is 0 Å². The molecule has 0 aromatic heterocycles. The third-order valence-corrected chi connectivity index (χ3v) is 6.34. The lowest BCUT2D eigenvalue weighted by atomic mass is 9.91. The zero-order valence-electron chi connectivity index (χ0n) is 21.0. The summed E-state index contributed by atoms with van der Waals surface area (Å²) in [6.45, 7) is 2.70. The van der Waals surface area contributed by atoms with Crippen LogP contribution in [0.1, 0.15) is 33.1 Å². The molecule has 0 fully saturated rings. The van der Waals surface area contributed by atoms with Gasteiger partial charge in [-0.05, 0) is 78.6 Å². The number of urea groups is 1. The van der Waals surface area contributed by atoms with E-state index in [1.54, 1.807) is 50.5 Å². The molecule has 0 bridgehead atoms. The van der Waals surface area contributed by atoms with Crippen LogP contribution < -0.4 is 24.8 Å². The number of carbonyl (C=O) groups is 2. The zero-order valence-corrected chi connectivity index (χ0v) is 21.0. The van der Waals surface area contributed by atoms with E-state index in [2.05, 4.69) is 10.6 Å². The number of aryl methyl sites for hydroxylation is 1. The molecule has 3 aromatic carbocycles. The van der Waals surface area contributed by atoms with Gasteiger partial charge in [-0.3, -0.25) is 4.79 Å². The molecule has 8 heteroatoms.